The van der Waals surface area contributed by atoms with Gasteiger partial charge < -0.3 is 9.64 Å². The van der Waals surface area contributed by atoms with E-state index in [0.29, 0.717) is 19.0 Å². The molecule has 0 aliphatic carbocycles. The SMILES string of the molecule is CCN(C(=O)c1cnc(OCc2ccccc2)cn1)c1ccccc1. The van der Waals surface area contributed by atoms with Crippen molar-refractivity contribution in [2.45, 2.75) is 13.5 Å². The molecular formula is C20H19N3O2. The molecule has 1 heterocycles. The first-order chi connectivity index (χ1) is 12.3. The fraction of sp³-hybridized carbons (Fsp3) is 0.150. The lowest BCUT2D eigenvalue weighted by Crippen LogP contribution is -2.31. The number of benzene rings is 2. The second kappa shape index (κ2) is 8.06. The molecule has 3 aromatic rings. The molecule has 0 radical (unpaired) electrons. The Hall–Kier alpha value is -3.21. The van der Waals surface area contributed by atoms with Crippen LogP contribution in [0.2, 0.25) is 0 Å². The van der Waals surface area contributed by atoms with E-state index in [-0.39, 0.29) is 11.6 Å². The van der Waals surface area contributed by atoms with Crippen LogP contribution in [0.5, 0.6) is 5.88 Å². The second-order valence-electron chi connectivity index (χ2n) is 5.40. The molecule has 5 heteroatoms. The molecule has 1 amide bonds. The first kappa shape index (κ1) is 16.6. The number of hydrogen-bond acceptors (Lipinski definition) is 4. The van der Waals surface area contributed by atoms with Gasteiger partial charge in [0.1, 0.15) is 12.3 Å². The third-order valence-electron chi connectivity index (χ3n) is 3.71. The summed E-state index contributed by atoms with van der Waals surface area (Å²) >= 11 is 0. The normalized spacial score (nSPS) is 10.3. The molecule has 0 fully saturated rings. The average molecular weight is 333 g/mol. The highest BCUT2D eigenvalue weighted by atomic mass is 16.5. The van der Waals surface area contributed by atoms with Crippen LogP contribution in [0.4, 0.5) is 5.69 Å². The van der Waals surface area contributed by atoms with Crippen molar-refractivity contribution in [3.8, 4) is 5.88 Å². The Morgan fingerprint density at radius 1 is 0.960 bits per heavy atom. The van der Waals surface area contributed by atoms with Crippen molar-refractivity contribution in [3.63, 3.8) is 0 Å². The summed E-state index contributed by atoms with van der Waals surface area (Å²) in [6, 6.07) is 19.3. The van der Waals surface area contributed by atoms with Crippen LogP contribution in [0.15, 0.2) is 73.1 Å². The highest BCUT2D eigenvalue weighted by molar-refractivity contribution is 6.04. The van der Waals surface area contributed by atoms with Gasteiger partial charge in [-0.1, -0.05) is 48.5 Å². The van der Waals surface area contributed by atoms with E-state index < -0.39 is 0 Å². The number of anilines is 1. The van der Waals surface area contributed by atoms with Crippen LogP contribution in [0.25, 0.3) is 0 Å². The minimum absolute atomic E-state index is 0.184. The zero-order valence-electron chi connectivity index (χ0n) is 14.0. The Bertz CT molecular complexity index is 805. The van der Waals surface area contributed by atoms with Crippen LogP contribution in [0, 0.1) is 0 Å². The van der Waals surface area contributed by atoms with E-state index in [1.165, 1.54) is 12.4 Å². The van der Waals surface area contributed by atoms with Crippen molar-refractivity contribution < 1.29 is 9.53 Å². The summed E-state index contributed by atoms with van der Waals surface area (Å²) in [4.78, 5) is 22.7. The Kier molecular flexibility index (Phi) is 5.36. The molecular weight excluding hydrogens is 314 g/mol. The molecule has 0 saturated carbocycles. The summed E-state index contributed by atoms with van der Waals surface area (Å²) < 4.78 is 5.60. The maximum absolute atomic E-state index is 12.6. The summed E-state index contributed by atoms with van der Waals surface area (Å²) in [6.45, 7) is 2.89. The quantitative estimate of drug-likeness (QED) is 0.690. The van der Waals surface area contributed by atoms with Crippen LogP contribution in [0.1, 0.15) is 23.0 Å². The van der Waals surface area contributed by atoms with E-state index >= 15 is 0 Å². The third kappa shape index (κ3) is 4.20. The van der Waals surface area contributed by atoms with E-state index in [1.54, 1.807) is 4.90 Å². The molecule has 0 bridgehead atoms. The summed E-state index contributed by atoms with van der Waals surface area (Å²) in [6.07, 6.45) is 2.93. The Labute approximate surface area is 146 Å². The van der Waals surface area contributed by atoms with E-state index in [2.05, 4.69) is 9.97 Å². The molecule has 5 nitrogen and oxygen atoms in total. The molecule has 0 N–H and O–H groups in total. The van der Waals surface area contributed by atoms with Gasteiger partial charge in [-0.2, -0.15) is 0 Å². The van der Waals surface area contributed by atoms with Gasteiger partial charge in [0.15, 0.2) is 0 Å². The molecule has 0 saturated heterocycles. The van der Waals surface area contributed by atoms with Gasteiger partial charge in [-0.05, 0) is 24.6 Å². The summed E-state index contributed by atoms with van der Waals surface area (Å²) in [5, 5.41) is 0. The zero-order valence-corrected chi connectivity index (χ0v) is 14.0. The predicted molar refractivity (Wildman–Crippen MR) is 96.6 cm³/mol. The van der Waals surface area contributed by atoms with Gasteiger partial charge in [0.25, 0.3) is 5.91 Å². The minimum atomic E-state index is -0.184. The third-order valence-corrected chi connectivity index (χ3v) is 3.71. The fourth-order valence-electron chi connectivity index (χ4n) is 2.42. The predicted octanol–water partition coefficient (Wildman–Crippen LogP) is 3.72. The number of rotatable bonds is 6. The van der Waals surface area contributed by atoms with Crippen molar-refractivity contribution >= 4 is 11.6 Å². The van der Waals surface area contributed by atoms with Crippen molar-refractivity contribution in [2.24, 2.45) is 0 Å². The summed E-state index contributed by atoms with van der Waals surface area (Å²) in [5.74, 6) is 0.207. The summed E-state index contributed by atoms with van der Waals surface area (Å²) in [7, 11) is 0. The highest BCUT2D eigenvalue weighted by Crippen LogP contribution is 2.16. The van der Waals surface area contributed by atoms with Crippen LogP contribution in [0.3, 0.4) is 0 Å². The molecule has 2 aromatic carbocycles. The van der Waals surface area contributed by atoms with Crippen LogP contribution in [-0.2, 0) is 6.61 Å². The lowest BCUT2D eigenvalue weighted by atomic mass is 10.2. The van der Waals surface area contributed by atoms with Crippen LogP contribution < -0.4 is 9.64 Å². The number of carbonyl (C=O) groups is 1. The molecule has 3 rings (SSSR count). The number of aromatic nitrogens is 2. The first-order valence-corrected chi connectivity index (χ1v) is 8.13. The second-order valence-corrected chi connectivity index (χ2v) is 5.40. The number of hydrogen-bond donors (Lipinski definition) is 0. The van der Waals surface area contributed by atoms with Crippen molar-refractivity contribution in [1.29, 1.82) is 0 Å². The molecule has 25 heavy (non-hydrogen) atoms. The van der Waals surface area contributed by atoms with Gasteiger partial charge >= 0.3 is 0 Å². The van der Waals surface area contributed by atoms with Gasteiger partial charge in [-0.15, -0.1) is 0 Å². The van der Waals surface area contributed by atoms with E-state index in [1.807, 2.05) is 67.6 Å². The van der Waals surface area contributed by atoms with Gasteiger partial charge in [0, 0.05) is 12.2 Å². The lowest BCUT2D eigenvalue weighted by molar-refractivity contribution is 0.0983. The lowest BCUT2D eigenvalue weighted by Gasteiger charge is -2.20. The van der Waals surface area contributed by atoms with Gasteiger partial charge in [0.2, 0.25) is 5.88 Å². The smallest absolute Gasteiger partial charge is 0.278 e. The highest BCUT2D eigenvalue weighted by Gasteiger charge is 2.17. The van der Waals surface area contributed by atoms with Crippen molar-refractivity contribution in [3.05, 3.63) is 84.3 Å². The largest absolute Gasteiger partial charge is 0.472 e. The number of nitrogens with zero attached hydrogens (tertiary/aromatic N) is 3. The maximum atomic E-state index is 12.6. The van der Waals surface area contributed by atoms with E-state index in [4.69, 9.17) is 4.74 Å². The van der Waals surface area contributed by atoms with Crippen molar-refractivity contribution in [2.75, 3.05) is 11.4 Å². The van der Waals surface area contributed by atoms with Crippen molar-refractivity contribution in [1.82, 2.24) is 9.97 Å². The molecule has 1 aromatic heterocycles. The number of carbonyl (C=O) groups excluding carboxylic acids is 1. The minimum Gasteiger partial charge on any atom is -0.472 e. The number of ether oxygens (including phenoxy) is 1. The van der Waals surface area contributed by atoms with E-state index in [0.717, 1.165) is 11.3 Å². The first-order valence-electron chi connectivity index (χ1n) is 8.13. The molecule has 0 atom stereocenters. The Morgan fingerprint density at radius 2 is 1.64 bits per heavy atom. The molecule has 0 unspecified atom stereocenters. The van der Waals surface area contributed by atoms with Gasteiger partial charge in [0.05, 0.1) is 12.4 Å². The Morgan fingerprint density at radius 3 is 2.24 bits per heavy atom. The topological polar surface area (TPSA) is 55.3 Å². The molecule has 0 aliphatic heterocycles. The number of amides is 1. The zero-order chi connectivity index (χ0) is 17.5. The van der Waals surface area contributed by atoms with Crippen LogP contribution in [-0.4, -0.2) is 22.4 Å². The standard InChI is InChI=1S/C20H19N3O2/c1-2-23(17-11-7-4-8-12-17)20(24)18-13-22-19(14-21-18)25-15-16-9-5-3-6-10-16/h3-14H,2,15H2,1H3. The Balaban J connectivity index is 1.68. The number of para-hydroxylation sites is 1. The monoisotopic (exact) mass is 333 g/mol. The summed E-state index contributed by atoms with van der Waals surface area (Å²) in [5.41, 5.74) is 2.17. The maximum Gasteiger partial charge on any atom is 0.278 e. The molecule has 126 valence electrons. The fourth-order valence-corrected chi connectivity index (χ4v) is 2.42. The van der Waals surface area contributed by atoms with Crippen LogP contribution >= 0.6 is 0 Å². The van der Waals surface area contributed by atoms with E-state index in [9.17, 15) is 4.79 Å². The van der Waals surface area contributed by atoms with Gasteiger partial charge in [-0.25, -0.2) is 9.97 Å². The molecule has 0 aliphatic rings. The average Bonchev–Trinajstić information content (AvgIpc) is 2.69. The van der Waals surface area contributed by atoms with Gasteiger partial charge in [-0.3, -0.25) is 4.79 Å². The molecule has 0 spiro atoms.